The van der Waals surface area contributed by atoms with Crippen molar-refractivity contribution < 1.29 is 9.84 Å². The molecule has 0 bridgehead atoms. The van der Waals surface area contributed by atoms with Crippen LogP contribution in [0.25, 0.3) is 0 Å². The fourth-order valence-corrected chi connectivity index (χ4v) is 1.85. The van der Waals surface area contributed by atoms with E-state index in [1.165, 1.54) is 12.8 Å². The van der Waals surface area contributed by atoms with Crippen molar-refractivity contribution in [3.63, 3.8) is 0 Å². The molecule has 2 heteroatoms. The summed E-state index contributed by atoms with van der Waals surface area (Å²) in [5.41, 5.74) is 0. The largest absolute Gasteiger partial charge is 0.393 e. The molecule has 0 aromatic heterocycles. The third kappa shape index (κ3) is 1.18. The van der Waals surface area contributed by atoms with Gasteiger partial charge in [0.05, 0.1) is 6.10 Å². The number of aliphatic hydroxyl groups is 1. The Labute approximate surface area is 61.2 Å². The third-order valence-electron chi connectivity index (χ3n) is 2.68. The Morgan fingerprint density at radius 1 is 1.20 bits per heavy atom. The lowest BCUT2D eigenvalue weighted by molar-refractivity contribution is 0.0541. The van der Waals surface area contributed by atoms with Crippen LogP contribution in [0.2, 0.25) is 0 Å². The van der Waals surface area contributed by atoms with Gasteiger partial charge in [0.15, 0.2) is 0 Å². The lowest BCUT2D eigenvalue weighted by Crippen LogP contribution is -2.18. The molecule has 0 radical (unpaired) electrons. The minimum atomic E-state index is 0.0306. The molecule has 1 saturated heterocycles. The van der Waals surface area contributed by atoms with Crippen LogP contribution in [0.15, 0.2) is 0 Å². The minimum absolute atomic E-state index is 0.0306. The van der Waals surface area contributed by atoms with E-state index < -0.39 is 0 Å². The Kier molecular flexibility index (Phi) is 1.66. The van der Waals surface area contributed by atoms with Gasteiger partial charge in [-0.3, -0.25) is 0 Å². The predicted molar refractivity (Wildman–Crippen MR) is 37.7 cm³/mol. The normalized spacial score (nSPS) is 41.7. The van der Waals surface area contributed by atoms with E-state index in [9.17, 15) is 0 Å². The van der Waals surface area contributed by atoms with Crippen molar-refractivity contribution >= 4 is 0 Å². The maximum absolute atomic E-state index is 9.14. The van der Waals surface area contributed by atoms with Crippen molar-refractivity contribution in [2.75, 3.05) is 13.2 Å². The summed E-state index contributed by atoms with van der Waals surface area (Å²) in [7, 11) is 0. The highest BCUT2D eigenvalue weighted by molar-refractivity contribution is 4.91. The smallest absolute Gasteiger partial charge is 0.0575 e. The van der Waals surface area contributed by atoms with E-state index in [4.69, 9.17) is 9.84 Å². The first-order chi connectivity index (χ1) is 4.88. The monoisotopic (exact) mass is 142 g/mol. The second kappa shape index (κ2) is 2.51. The lowest BCUT2D eigenvalue weighted by atomic mass is 9.95. The molecule has 10 heavy (non-hydrogen) atoms. The summed E-state index contributed by atoms with van der Waals surface area (Å²) in [6.07, 6.45) is 3.41. The van der Waals surface area contributed by atoms with E-state index in [1.807, 2.05) is 0 Å². The second-order valence-electron chi connectivity index (χ2n) is 3.42. The van der Waals surface area contributed by atoms with Crippen LogP contribution in [0, 0.1) is 11.8 Å². The molecule has 2 unspecified atom stereocenters. The zero-order valence-corrected chi connectivity index (χ0v) is 6.12. The Morgan fingerprint density at radius 3 is 2.30 bits per heavy atom. The molecule has 0 aromatic carbocycles. The minimum Gasteiger partial charge on any atom is -0.393 e. The number of hydrogen-bond acceptors (Lipinski definition) is 2. The van der Waals surface area contributed by atoms with Crippen LogP contribution in [0.3, 0.4) is 0 Å². The molecule has 1 saturated carbocycles. The summed E-state index contributed by atoms with van der Waals surface area (Å²) >= 11 is 0. The van der Waals surface area contributed by atoms with Gasteiger partial charge in [0.25, 0.3) is 0 Å². The highest BCUT2D eigenvalue weighted by Gasteiger charge is 2.41. The van der Waals surface area contributed by atoms with Gasteiger partial charge in [-0.1, -0.05) is 0 Å². The summed E-state index contributed by atoms with van der Waals surface area (Å²) in [5, 5.41) is 9.14. The van der Waals surface area contributed by atoms with Gasteiger partial charge >= 0.3 is 0 Å². The van der Waals surface area contributed by atoms with Crippen molar-refractivity contribution in [2.45, 2.75) is 25.4 Å². The zero-order valence-electron chi connectivity index (χ0n) is 6.12. The molecule has 58 valence electrons. The molecule has 1 heterocycles. The quantitative estimate of drug-likeness (QED) is 0.586. The van der Waals surface area contributed by atoms with Gasteiger partial charge in [0, 0.05) is 13.2 Å². The Balaban J connectivity index is 1.81. The van der Waals surface area contributed by atoms with E-state index in [0.29, 0.717) is 5.92 Å². The predicted octanol–water partition coefficient (Wildman–Crippen LogP) is 0.794. The maximum atomic E-state index is 9.14. The molecule has 2 atom stereocenters. The van der Waals surface area contributed by atoms with Gasteiger partial charge in [0.1, 0.15) is 0 Å². The first-order valence-corrected chi connectivity index (χ1v) is 4.14. The van der Waals surface area contributed by atoms with E-state index in [0.717, 1.165) is 25.6 Å². The molecule has 1 aliphatic carbocycles. The molecule has 0 aromatic rings. The third-order valence-corrected chi connectivity index (χ3v) is 2.68. The van der Waals surface area contributed by atoms with Crippen LogP contribution in [-0.2, 0) is 4.74 Å². The van der Waals surface area contributed by atoms with Crippen LogP contribution in [0.4, 0.5) is 0 Å². The Hall–Kier alpha value is -0.0800. The number of ether oxygens (including phenoxy) is 1. The Bertz CT molecular complexity index is 118. The highest BCUT2D eigenvalue weighted by Crippen LogP contribution is 2.41. The van der Waals surface area contributed by atoms with Gasteiger partial charge in [0.2, 0.25) is 0 Å². The summed E-state index contributed by atoms with van der Waals surface area (Å²) in [4.78, 5) is 0. The summed E-state index contributed by atoms with van der Waals surface area (Å²) in [6, 6.07) is 0. The molecular weight excluding hydrogens is 128 g/mol. The van der Waals surface area contributed by atoms with E-state index in [-0.39, 0.29) is 6.10 Å². The summed E-state index contributed by atoms with van der Waals surface area (Å²) in [5.74, 6) is 1.40. The molecule has 0 amide bonds. The Morgan fingerprint density at radius 2 is 1.80 bits per heavy atom. The molecular formula is C8H14O2. The van der Waals surface area contributed by atoms with E-state index in [1.54, 1.807) is 0 Å². The molecule has 2 aliphatic rings. The summed E-state index contributed by atoms with van der Waals surface area (Å²) < 4.78 is 5.23. The van der Waals surface area contributed by atoms with E-state index >= 15 is 0 Å². The molecule has 2 nitrogen and oxygen atoms in total. The highest BCUT2D eigenvalue weighted by atomic mass is 16.5. The van der Waals surface area contributed by atoms with Crippen molar-refractivity contribution in [2.24, 2.45) is 11.8 Å². The number of rotatable bonds is 1. The number of hydrogen-bond donors (Lipinski definition) is 1. The van der Waals surface area contributed by atoms with Crippen molar-refractivity contribution in [3.8, 4) is 0 Å². The maximum Gasteiger partial charge on any atom is 0.0575 e. The van der Waals surface area contributed by atoms with Gasteiger partial charge in [-0.2, -0.15) is 0 Å². The van der Waals surface area contributed by atoms with E-state index in [2.05, 4.69) is 0 Å². The van der Waals surface area contributed by atoms with Gasteiger partial charge in [-0.05, 0) is 31.1 Å². The van der Waals surface area contributed by atoms with Gasteiger partial charge in [-0.25, -0.2) is 0 Å². The van der Waals surface area contributed by atoms with Crippen molar-refractivity contribution in [3.05, 3.63) is 0 Å². The standard InChI is InChI=1S/C8H14O2/c9-8-5-7(8)6-1-3-10-4-2-6/h6-9H,1-5H2. The SMILES string of the molecule is OC1CC1C1CCOCC1. The average molecular weight is 142 g/mol. The first kappa shape index (κ1) is 6.62. The first-order valence-electron chi connectivity index (χ1n) is 4.14. The van der Waals surface area contributed by atoms with Gasteiger partial charge in [-0.15, -0.1) is 0 Å². The van der Waals surface area contributed by atoms with Gasteiger partial charge < -0.3 is 9.84 Å². The fraction of sp³-hybridized carbons (Fsp3) is 1.00. The van der Waals surface area contributed by atoms with Crippen molar-refractivity contribution in [1.82, 2.24) is 0 Å². The van der Waals surface area contributed by atoms with Crippen LogP contribution >= 0.6 is 0 Å². The molecule has 1 aliphatic heterocycles. The zero-order chi connectivity index (χ0) is 6.97. The van der Waals surface area contributed by atoms with Crippen LogP contribution in [0.1, 0.15) is 19.3 Å². The fourth-order valence-electron chi connectivity index (χ4n) is 1.85. The molecule has 2 rings (SSSR count). The topological polar surface area (TPSA) is 29.5 Å². The van der Waals surface area contributed by atoms with Crippen LogP contribution in [-0.4, -0.2) is 24.4 Å². The number of aliphatic hydroxyl groups excluding tert-OH is 1. The van der Waals surface area contributed by atoms with Crippen molar-refractivity contribution in [1.29, 1.82) is 0 Å². The average Bonchev–Trinajstić information content (AvgIpc) is 2.69. The molecule has 2 fully saturated rings. The van der Waals surface area contributed by atoms with Crippen LogP contribution < -0.4 is 0 Å². The molecule has 0 spiro atoms. The van der Waals surface area contributed by atoms with Crippen LogP contribution in [0.5, 0.6) is 0 Å². The molecule has 1 N–H and O–H groups in total. The second-order valence-corrected chi connectivity index (χ2v) is 3.42. The lowest BCUT2D eigenvalue weighted by Gasteiger charge is -2.21. The summed E-state index contributed by atoms with van der Waals surface area (Å²) in [6.45, 7) is 1.82.